The number of benzene rings is 2. The summed E-state index contributed by atoms with van der Waals surface area (Å²) in [5.74, 6) is -1.38. The van der Waals surface area contributed by atoms with Gasteiger partial charge in [0.2, 0.25) is 0 Å². The molecule has 5 nitrogen and oxygen atoms in total. The highest BCUT2D eigenvalue weighted by atomic mass is 16.5. The Morgan fingerprint density at radius 3 is 2.33 bits per heavy atom. The first kappa shape index (κ1) is 14.6. The average Bonchev–Trinajstić information content (AvgIpc) is 2.47. The second-order valence-electron chi connectivity index (χ2n) is 4.38. The van der Waals surface area contributed by atoms with Crippen molar-refractivity contribution in [2.45, 2.75) is 13.3 Å². The van der Waals surface area contributed by atoms with Crippen molar-refractivity contribution in [3.8, 4) is 11.5 Å². The van der Waals surface area contributed by atoms with Crippen LogP contribution in [0.4, 0.5) is 0 Å². The first-order valence-electron chi connectivity index (χ1n) is 6.39. The van der Waals surface area contributed by atoms with Crippen LogP contribution in [0.3, 0.4) is 0 Å². The molecule has 0 atom stereocenters. The highest BCUT2D eigenvalue weighted by molar-refractivity contribution is 5.93. The lowest BCUT2D eigenvalue weighted by Crippen LogP contribution is -2.11. The molecule has 0 fully saturated rings. The smallest absolute Gasteiger partial charge is 0.343 e. The molecular weight excluding hydrogens is 272 g/mol. The summed E-state index contributed by atoms with van der Waals surface area (Å²) in [6.07, 6.45) is 0.431. The second-order valence-corrected chi connectivity index (χ2v) is 4.38. The fourth-order valence-electron chi connectivity index (χ4n) is 1.98. The predicted octanol–water partition coefficient (Wildman–Crippen LogP) is 2.87. The van der Waals surface area contributed by atoms with Crippen LogP contribution in [0.5, 0.6) is 11.5 Å². The van der Waals surface area contributed by atoms with E-state index >= 15 is 0 Å². The highest BCUT2D eigenvalue weighted by Crippen LogP contribution is 2.24. The molecule has 0 saturated carbocycles. The first-order chi connectivity index (χ1) is 10.0. The van der Waals surface area contributed by atoms with Gasteiger partial charge in [-0.05, 0) is 42.8 Å². The van der Waals surface area contributed by atoms with Crippen molar-refractivity contribution < 1.29 is 24.5 Å². The summed E-state index contributed by atoms with van der Waals surface area (Å²) >= 11 is 0. The normalized spacial score (nSPS) is 10.1. The largest absolute Gasteiger partial charge is 0.508 e. The molecule has 5 heteroatoms. The van der Waals surface area contributed by atoms with Gasteiger partial charge in [0, 0.05) is 5.56 Å². The van der Waals surface area contributed by atoms with Gasteiger partial charge in [0.05, 0.1) is 11.1 Å². The number of carbonyl (C=O) groups excluding carboxylic acids is 1. The number of hydrogen-bond donors (Lipinski definition) is 2. The monoisotopic (exact) mass is 286 g/mol. The number of carboxylic acid groups (broad SMARTS) is 1. The van der Waals surface area contributed by atoms with Crippen molar-refractivity contribution in [3.05, 3.63) is 59.2 Å². The van der Waals surface area contributed by atoms with E-state index < -0.39 is 11.9 Å². The summed E-state index contributed by atoms with van der Waals surface area (Å²) < 4.78 is 5.27. The number of aromatic hydroxyl groups is 1. The van der Waals surface area contributed by atoms with E-state index in [-0.39, 0.29) is 22.6 Å². The van der Waals surface area contributed by atoms with Gasteiger partial charge >= 0.3 is 11.9 Å². The maximum Gasteiger partial charge on any atom is 0.343 e. The molecule has 2 aromatic rings. The second kappa shape index (κ2) is 6.09. The zero-order valence-electron chi connectivity index (χ0n) is 11.4. The van der Waals surface area contributed by atoms with E-state index in [1.54, 1.807) is 13.0 Å². The van der Waals surface area contributed by atoms with Crippen LogP contribution in [0.1, 0.15) is 33.2 Å². The lowest BCUT2D eigenvalue weighted by atomic mass is 10.0. The number of phenolic OH excluding ortho intramolecular Hbond substituents is 1. The molecule has 0 amide bonds. The SMILES string of the molecule is CCc1c(OC(=O)c2ccc(O)cc2)cccc1C(=O)O. The number of ether oxygens (including phenoxy) is 1. The molecule has 0 aliphatic heterocycles. The average molecular weight is 286 g/mol. The van der Waals surface area contributed by atoms with Gasteiger partial charge in [0.25, 0.3) is 0 Å². The van der Waals surface area contributed by atoms with Crippen molar-refractivity contribution >= 4 is 11.9 Å². The van der Waals surface area contributed by atoms with E-state index in [0.29, 0.717) is 12.0 Å². The predicted molar refractivity (Wildman–Crippen MR) is 75.8 cm³/mol. The molecule has 0 aliphatic carbocycles. The van der Waals surface area contributed by atoms with Crippen molar-refractivity contribution in [2.24, 2.45) is 0 Å². The molecule has 2 aromatic carbocycles. The number of hydrogen-bond acceptors (Lipinski definition) is 4. The van der Waals surface area contributed by atoms with Gasteiger partial charge < -0.3 is 14.9 Å². The van der Waals surface area contributed by atoms with Crippen LogP contribution in [0, 0.1) is 0 Å². The Morgan fingerprint density at radius 1 is 1.10 bits per heavy atom. The summed E-state index contributed by atoms with van der Waals surface area (Å²) in [7, 11) is 0. The molecule has 0 aromatic heterocycles. The lowest BCUT2D eigenvalue weighted by Gasteiger charge is -2.11. The molecule has 0 unspecified atom stereocenters. The number of carbonyl (C=O) groups is 2. The standard InChI is InChI=1S/C16H14O5/c1-2-12-13(15(18)19)4-3-5-14(12)21-16(20)10-6-8-11(17)9-7-10/h3-9,17H,2H2,1H3,(H,18,19). The van der Waals surface area contributed by atoms with Gasteiger partial charge in [-0.15, -0.1) is 0 Å². The molecule has 0 heterocycles. The van der Waals surface area contributed by atoms with Crippen LogP contribution in [0.2, 0.25) is 0 Å². The summed E-state index contributed by atoms with van der Waals surface area (Å²) in [6, 6.07) is 10.2. The third-order valence-electron chi connectivity index (χ3n) is 3.02. The topological polar surface area (TPSA) is 83.8 Å². The van der Waals surface area contributed by atoms with Crippen molar-refractivity contribution in [1.82, 2.24) is 0 Å². The third kappa shape index (κ3) is 3.20. The number of esters is 1. The Bertz CT molecular complexity index is 674. The number of carboxylic acids is 1. The summed E-state index contributed by atoms with van der Waals surface area (Å²) in [4.78, 5) is 23.2. The van der Waals surface area contributed by atoms with Gasteiger partial charge in [-0.2, -0.15) is 0 Å². The summed E-state index contributed by atoms with van der Waals surface area (Å²) in [6.45, 7) is 1.79. The molecule has 108 valence electrons. The maximum atomic E-state index is 12.0. The molecule has 2 N–H and O–H groups in total. The van der Waals surface area contributed by atoms with E-state index in [9.17, 15) is 14.7 Å². The Morgan fingerprint density at radius 2 is 1.76 bits per heavy atom. The zero-order valence-corrected chi connectivity index (χ0v) is 11.4. The van der Waals surface area contributed by atoms with Gasteiger partial charge in [-0.25, -0.2) is 9.59 Å². The minimum atomic E-state index is -1.06. The van der Waals surface area contributed by atoms with Crippen molar-refractivity contribution in [1.29, 1.82) is 0 Å². The van der Waals surface area contributed by atoms with Crippen molar-refractivity contribution in [3.63, 3.8) is 0 Å². The molecule has 21 heavy (non-hydrogen) atoms. The Balaban J connectivity index is 2.31. The maximum absolute atomic E-state index is 12.0. The Kier molecular flexibility index (Phi) is 4.23. The fourth-order valence-corrected chi connectivity index (χ4v) is 1.98. The van der Waals surface area contributed by atoms with Crippen LogP contribution < -0.4 is 4.74 Å². The molecule has 2 rings (SSSR count). The van der Waals surface area contributed by atoms with Crippen LogP contribution >= 0.6 is 0 Å². The van der Waals surface area contributed by atoms with E-state index in [4.69, 9.17) is 9.84 Å². The van der Waals surface area contributed by atoms with Gasteiger partial charge in [0.1, 0.15) is 11.5 Å². The first-order valence-corrected chi connectivity index (χ1v) is 6.39. The van der Waals surface area contributed by atoms with E-state index in [2.05, 4.69) is 0 Å². The molecule has 0 spiro atoms. The van der Waals surface area contributed by atoms with E-state index in [1.807, 2.05) is 0 Å². The molecule has 0 radical (unpaired) electrons. The van der Waals surface area contributed by atoms with Crippen LogP contribution in [-0.4, -0.2) is 22.2 Å². The van der Waals surface area contributed by atoms with Gasteiger partial charge in [-0.1, -0.05) is 13.0 Å². The Hall–Kier alpha value is -2.82. The fraction of sp³-hybridized carbons (Fsp3) is 0.125. The molecule has 0 aliphatic rings. The number of rotatable bonds is 4. The van der Waals surface area contributed by atoms with Crippen molar-refractivity contribution in [2.75, 3.05) is 0 Å². The van der Waals surface area contributed by atoms with E-state index in [1.165, 1.54) is 36.4 Å². The number of aromatic carboxylic acids is 1. The van der Waals surface area contributed by atoms with Crippen LogP contribution in [0.25, 0.3) is 0 Å². The van der Waals surface area contributed by atoms with Crippen LogP contribution in [-0.2, 0) is 6.42 Å². The Labute approximate surface area is 121 Å². The minimum absolute atomic E-state index is 0.0497. The quantitative estimate of drug-likeness (QED) is 0.667. The van der Waals surface area contributed by atoms with Crippen LogP contribution in [0.15, 0.2) is 42.5 Å². The highest BCUT2D eigenvalue weighted by Gasteiger charge is 2.16. The lowest BCUT2D eigenvalue weighted by molar-refractivity contribution is 0.0685. The molecule has 0 saturated heterocycles. The molecule has 0 bridgehead atoms. The van der Waals surface area contributed by atoms with E-state index in [0.717, 1.165) is 0 Å². The summed E-state index contributed by atoms with van der Waals surface area (Å²) in [5, 5.41) is 18.3. The number of phenols is 1. The molecular formula is C16H14O5. The third-order valence-corrected chi connectivity index (χ3v) is 3.02. The zero-order chi connectivity index (χ0) is 15.4. The minimum Gasteiger partial charge on any atom is -0.508 e. The van der Waals surface area contributed by atoms with Gasteiger partial charge in [-0.3, -0.25) is 0 Å². The summed E-state index contributed by atoms with van der Waals surface area (Å²) in [5.41, 5.74) is 0.862. The van der Waals surface area contributed by atoms with Gasteiger partial charge in [0.15, 0.2) is 0 Å².